The molecule has 0 saturated carbocycles. The molecule has 0 fully saturated rings. The lowest BCUT2D eigenvalue weighted by molar-refractivity contribution is 0.337. The largest absolute Gasteiger partial charge is 0.329 e. The molecule has 114 valence electrons. The maximum Gasteiger partial charge on any atom is 0.0965 e. The van der Waals surface area contributed by atoms with Crippen LogP contribution in [0.2, 0.25) is 0 Å². The molecule has 0 saturated heterocycles. The van der Waals surface area contributed by atoms with Crippen molar-refractivity contribution in [3.63, 3.8) is 0 Å². The molecule has 1 aromatic carbocycles. The minimum absolute atomic E-state index is 0.175. The van der Waals surface area contributed by atoms with Gasteiger partial charge in [-0.1, -0.05) is 45.0 Å². The van der Waals surface area contributed by atoms with Gasteiger partial charge in [-0.05, 0) is 18.0 Å². The van der Waals surface area contributed by atoms with E-state index >= 15 is 0 Å². The predicted molar refractivity (Wildman–Crippen MR) is 88.1 cm³/mol. The maximum absolute atomic E-state index is 5.60. The van der Waals surface area contributed by atoms with Crippen molar-refractivity contribution in [3.05, 3.63) is 41.6 Å². The van der Waals surface area contributed by atoms with E-state index in [0.29, 0.717) is 6.54 Å². The van der Waals surface area contributed by atoms with Crippen LogP contribution in [0.5, 0.6) is 0 Å². The Balaban J connectivity index is 2.21. The Morgan fingerprint density at radius 1 is 1.19 bits per heavy atom. The van der Waals surface area contributed by atoms with Crippen LogP contribution in [0.25, 0.3) is 11.3 Å². The summed E-state index contributed by atoms with van der Waals surface area (Å²) in [6.45, 7) is 9.08. The third kappa shape index (κ3) is 3.93. The molecule has 0 aliphatic heterocycles. The number of nitrogens with two attached hydrogens (primary N) is 1. The van der Waals surface area contributed by atoms with Gasteiger partial charge >= 0.3 is 0 Å². The van der Waals surface area contributed by atoms with E-state index in [-0.39, 0.29) is 5.41 Å². The molecule has 0 amide bonds. The van der Waals surface area contributed by atoms with E-state index in [1.807, 2.05) is 6.20 Å². The van der Waals surface area contributed by atoms with E-state index in [1.54, 1.807) is 0 Å². The van der Waals surface area contributed by atoms with Gasteiger partial charge in [0.2, 0.25) is 0 Å². The lowest BCUT2D eigenvalue weighted by Gasteiger charge is -2.19. The van der Waals surface area contributed by atoms with Gasteiger partial charge in [0.05, 0.1) is 5.69 Å². The first-order valence-corrected chi connectivity index (χ1v) is 7.44. The zero-order valence-corrected chi connectivity index (χ0v) is 13.5. The van der Waals surface area contributed by atoms with Crippen LogP contribution in [0.3, 0.4) is 0 Å². The monoisotopic (exact) mass is 286 g/mol. The third-order valence-corrected chi connectivity index (χ3v) is 3.69. The van der Waals surface area contributed by atoms with Gasteiger partial charge in [0.25, 0.3) is 0 Å². The van der Waals surface area contributed by atoms with Crippen LogP contribution in [0, 0.1) is 0 Å². The van der Waals surface area contributed by atoms with Gasteiger partial charge in [0.1, 0.15) is 0 Å². The van der Waals surface area contributed by atoms with Crippen molar-refractivity contribution in [2.75, 3.05) is 20.1 Å². The zero-order chi connectivity index (χ0) is 15.5. The van der Waals surface area contributed by atoms with Crippen molar-refractivity contribution in [1.29, 1.82) is 0 Å². The van der Waals surface area contributed by atoms with Crippen molar-refractivity contribution >= 4 is 0 Å². The Morgan fingerprint density at radius 3 is 2.43 bits per heavy atom. The van der Waals surface area contributed by atoms with Crippen LogP contribution < -0.4 is 5.73 Å². The van der Waals surface area contributed by atoms with Crippen LogP contribution in [0.4, 0.5) is 0 Å². The summed E-state index contributed by atoms with van der Waals surface area (Å²) in [7, 11) is 2.08. The summed E-state index contributed by atoms with van der Waals surface area (Å²) in [4.78, 5) is 2.21. The summed E-state index contributed by atoms with van der Waals surface area (Å²) >= 11 is 0. The van der Waals surface area contributed by atoms with Gasteiger partial charge in [-0.25, -0.2) is 0 Å². The predicted octanol–water partition coefficient (Wildman–Crippen LogP) is 2.76. The van der Waals surface area contributed by atoms with Crippen molar-refractivity contribution in [2.45, 2.75) is 32.7 Å². The molecule has 2 aromatic rings. The van der Waals surface area contributed by atoms with E-state index in [4.69, 9.17) is 5.73 Å². The van der Waals surface area contributed by atoms with Crippen molar-refractivity contribution in [1.82, 2.24) is 15.1 Å². The smallest absolute Gasteiger partial charge is 0.0965 e. The highest BCUT2D eigenvalue weighted by molar-refractivity contribution is 5.63. The van der Waals surface area contributed by atoms with Crippen molar-refractivity contribution in [2.24, 2.45) is 5.73 Å². The number of aromatic amines is 1. The first kappa shape index (κ1) is 15.7. The van der Waals surface area contributed by atoms with Crippen LogP contribution in [0.1, 0.15) is 31.9 Å². The van der Waals surface area contributed by atoms with Gasteiger partial charge in [0, 0.05) is 37.0 Å². The topological polar surface area (TPSA) is 57.9 Å². The standard InChI is InChI=1S/C17H26N4/c1-17(2,3)15-7-5-13(6-8-15)16-14(11-19-20-16)12-21(4)10-9-18/h5-8,11H,9-10,12,18H2,1-4H3,(H,19,20). The molecule has 0 aliphatic carbocycles. The summed E-state index contributed by atoms with van der Waals surface area (Å²) in [5.74, 6) is 0. The van der Waals surface area contributed by atoms with Crippen molar-refractivity contribution < 1.29 is 0 Å². The minimum Gasteiger partial charge on any atom is -0.329 e. The summed E-state index contributed by atoms with van der Waals surface area (Å²) in [6.07, 6.45) is 1.97. The van der Waals surface area contributed by atoms with Gasteiger partial charge < -0.3 is 10.6 Å². The summed E-state index contributed by atoms with van der Waals surface area (Å²) in [5, 5.41) is 7.39. The van der Waals surface area contributed by atoms with Gasteiger partial charge in [0.15, 0.2) is 0 Å². The van der Waals surface area contributed by atoms with E-state index in [0.717, 1.165) is 24.3 Å². The second-order valence-corrected chi connectivity index (χ2v) is 6.61. The zero-order valence-electron chi connectivity index (χ0n) is 13.5. The van der Waals surface area contributed by atoms with Crippen molar-refractivity contribution in [3.8, 4) is 11.3 Å². The van der Waals surface area contributed by atoms with Crippen LogP contribution in [-0.2, 0) is 12.0 Å². The van der Waals surface area contributed by atoms with E-state index in [9.17, 15) is 0 Å². The maximum atomic E-state index is 5.60. The lowest BCUT2D eigenvalue weighted by atomic mass is 9.86. The molecule has 3 N–H and O–H groups in total. The average Bonchev–Trinajstić information content (AvgIpc) is 2.86. The Morgan fingerprint density at radius 2 is 1.86 bits per heavy atom. The van der Waals surface area contributed by atoms with E-state index < -0.39 is 0 Å². The normalized spacial score (nSPS) is 12.1. The Labute approximate surface area is 127 Å². The average molecular weight is 286 g/mol. The fraction of sp³-hybridized carbons (Fsp3) is 0.471. The number of nitrogens with one attached hydrogen (secondary N) is 1. The number of H-pyrrole nitrogens is 1. The molecule has 0 aliphatic rings. The molecule has 0 bridgehead atoms. The second kappa shape index (κ2) is 6.41. The number of hydrogen-bond donors (Lipinski definition) is 2. The highest BCUT2D eigenvalue weighted by Gasteiger charge is 2.15. The molecule has 1 heterocycles. The van der Waals surface area contributed by atoms with E-state index in [2.05, 4.69) is 67.2 Å². The molecule has 0 atom stereocenters. The van der Waals surface area contributed by atoms with Crippen LogP contribution in [-0.4, -0.2) is 35.2 Å². The molecule has 0 spiro atoms. The minimum atomic E-state index is 0.175. The van der Waals surface area contributed by atoms with E-state index in [1.165, 1.54) is 11.1 Å². The number of rotatable bonds is 5. The Bertz CT molecular complexity index is 563. The first-order chi connectivity index (χ1) is 9.91. The molecular weight excluding hydrogens is 260 g/mol. The molecule has 0 unspecified atom stereocenters. The molecule has 21 heavy (non-hydrogen) atoms. The number of aromatic nitrogens is 2. The van der Waals surface area contributed by atoms with Gasteiger partial charge in [-0.15, -0.1) is 0 Å². The fourth-order valence-electron chi connectivity index (χ4n) is 2.40. The molecule has 2 rings (SSSR count). The highest BCUT2D eigenvalue weighted by atomic mass is 15.1. The SMILES string of the molecule is CN(CCN)Cc1c[nH]nc1-c1ccc(C(C)(C)C)cc1. The molecule has 0 radical (unpaired) electrons. The fourth-order valence-corrected chi connectivity index (χ4v) is 2.40. The number of benzene rings is 1. The third-order valence-electron chi connectivity index (χ3n) is 3.69. The quantitative estimate of drug-likeness (QED) is 0.888. The number of hydrogen-bond acceptors (Lipinski definition) is 3. The molecule has 1 aromatic heterocycles. The van der Waals surface area contributed by atoms with Crippen LogP contribution in [0.15, 0.2) is 30.5 Å². The highest BCUT2D eigenvalue weighted by Crippen LogP contribution is 2.27. The summed E-state index contributed by atoms with van der Waals surface area (Å²) in [5.41, 5.74) is 10.5. The van der Waals surface area contributed by atoms with Gasteiger partial charge in [-0.3, -0.25) is 5.10 Å². The molecule has 4 nitrogen and oxygen atoms in total. The Hall–Kier alpha value is -1.65. The molecular formula is C17H26N4. The first-order valence-electron chi connectivity index (χ1n) is 7.44. The lowest BCUT2D eigenvalue weighted by Crippen LogP contribution is -2.25. The summed E-state index contributed by atoms with van der Waals surface area (Å²) in [6, 6.07) is 8.70. The Kier molecular flexibility index (Phi) is 4.80. The number of nitrogens with zero attached hydrogens (tertiary/aromatic N) is 2. The number of likely N-dealkylation sites (N-methyl/N-ethyl adjacent to an activating group) is 1. The van der Waals surface area contributed by atoms with Crippen LogP contribution >= 0.6 is 0 Å². The molecule has 4 heteroatoms. The van der Waals surface area contributed by atoms with Gasteiger partial charge in [-0.2, -0.15) is 5.10 Å². The second-order valence-electron chi connectivity index (χ2n) is 6.61. The summed E-state index contributed by atoms with van der Waals surface area (Å²) < 4.78 is 0.